The monoisotopic (exact) mass is 331 g/mol. The van der Waals surface area contributed by atoms with E-state index in [4.69, 9.17) is 16.7 Å². The van der Waals surface area contributed by atoms with Gasteiger partial charge in [0.15, 0.2) is 0 Å². The van der Waals surface area contributed by atoms with Crippen LogP contribution in [0.15, 0.2) is 54.6 Å². The van der Waals surface area contributed by atoms with Crippen LogP contribution in [0, 0.1) is 5.92 Å². The molecular formula is C18H18ClNO3. The van der Waals surface area contributed by atoms with E-state index in [-0.39, 0.29) is 18.2 Å². The van der Waals surface area contributed by atoms with E-state index >= 15 is 0 Å². The summed E-state index contributed by atoms with van der Waals surface area (Å²) in [7, 11) is 0. The number of carboxylic acid groups (broad SMARTS) is 1. The van der Waals surface area contributed by atoms with Crippen molar-refractivity contribution in [2.24, 2.45) is 5.92 Å². The van der Waals surface area contributed by atoms with Crippen molar-refractivity contribution < 1.29 is 14.7 Å². The summed E-state index contributed by atoms with van der Waals surface area (Å²) < 4.78 is 0. The van der Waals surface area contributed by atoms with Crippen molar-refractivity contribution in [1.82, 2.24) is 0 Å². The molecule has 0 fully saturated rings. The number of amides is 1. The summed E-state index contributed by atoms with van der Waals surface area (Å²) in [6, 6.07) is 16.1. The van der Waals surface area contributed by atoms with Crippen molar-refractivity contribution in [2.75, 3.05) is 5.32 Å². The number of carbonyl (C=O) groups excluding carboxylic acids is 1. The van der Waals surface area contributed by atoms with Gasteiger partial charge in [-0.05, 0) is 35.7 Å². The first kappa shape index (κ1) is 17.0. The van der Waals surface area contributed by atoms with Gasteiger partial charge < -0.3 is 10.4 Å². The molecule has 0 unspecified atom stereocenters. The van der Waals surface area contributed by atoms with Crippen LogP contribution in [0.2, 0.25) is 5.02 Å². The fraction of sp³-hybridized carbons (Fsp3) is 0.222. The van der Waals surface area contributed by atoms with E-state index in [1.165, 1.54) is 0 Å². The molecule has 0 heterocycles. The fourth-order valence-electron chi connectivity index (χ4n) is 2.44. The molecule has 2 rings (SSSR count). The Balaban J connectivity index is 2.18. The molecule has 4 nitrogen and oxygen atoms in total. The van der Waals surface area contributed by atoms with Gasteiger partial charge in [0, 0.05) is 10.7 Å². The van der Waals surface area contributed by atoms with E-state index in [9.17, 15) is 9.59 Å². The summed E-state index contributed by atoms with van der Waals surface area (Å²) in [6.45, 7) is 1.87. The SMILES string of the molecule is C[C@@H](c1ccccc1)[C@@H](CC(=O)O)C(=O)Nc1ccc(Cl)cc1. The minimum atomic E-state index is -0.996. The summed E-state index contributed by atoms with van der Waals surface area (Å²) in [5, 5.41) is 12.5. The van der Waals surface area contributed by atoms with Gasteiger partial charge in [0.2, 0.25) is 5.91 Å². The Morgan fingerprint density at radius 3 is 2.26 bits per heavy atom. The highest BCUT2D eigenvalue weighted by Gasteiger charge is 2.28. The number of carboxylic acids is 1. The zero-order valence-electron chi connectivity index (χ0n) is 12.7. The Hall–Kier alpha value is -2.33. The van der Waals surface area contributed by atoms with Gasteiger partial charge in [-0.3, -0.25) is 9.59 Å². The molecule has 0 bridgehead atoms. The highest BCUT2D eigenvalue weighted by atomic mass is 35.5. The Kier molecular flexibility index (Phi) is 5.77. The van der Waals surface area contributed by atoms with E-state index in [2.05, 4.69) is 5.32 Å². The molecule has 23 heavy (non-hydrogen) atoms. The second-order valence-corrected chi connectivity index (χ2v) is 5.84. The van der Waals surface area contributed by atoms with Crippen LogP contribution in [0.3, 0.4) is 0 Å². The average molecular weight is 332 g/mol. The van der Waals surface area contributed by atoms with Crippen molar-refractivity contribution in [3.8, 4) is 0 Å². The summed E-state index contributed by atoms with van der Waals surface area (Å²) in [5.74, 6) is -2.18. The van der Waals surface area contributed by atoms with Crippen LogP contribution < -0.4 is 5.32 Å². The van der Waals surface area contributed by atoms with Crippen LogP contribution >= 0.6 is 11.6 Å². The molecule has 2 aromatic carbocycles. The molecule has 0 saturated carbocycles. The maximum atomic E-state index is 12.5. The second kappa shape index (κ2) is 7.79. The topological polar surface area (TPSA) is 66.4 Å². The zero-order valence-corrected chi connectivity index (χ0v) is 13.5. The zero-order chi connectivity index (χ0) is 16.8. The number of benzene rings is 2. The number of rotatable bonds is 6. The summed E-state index contributed by atoms with van der Waals surface area (Å²) in [5.41, 5.74) is 1.53. The van der Waals surface area contributed by atoms with E-state index in [0.717, 1.165) is 5.56 Å². The molecule has 120 valence electrons. The summed E-state index contributed by atoms with van der Waals surface area (Å²) in [4.78, 5) is 23.7. The molecule has 0 aliphatic rings. The third-order valence-electron chi connectivity index (χ3n) is 3.77. The molecule has 2 atom stereocenters. The highest BCUT2D eigenvalue weighted by Crippen LogP contribution is 2.28. The Morgan fingerprint density at radius 2 is 1.70 bits per heavy atom. The maximum Gasteiger partial charge on any atom is 0.304 e. The Morgan fingerprint density at radius 1 is 1.09 bits per heavy atom. The lowest BCUT2D eigenvalue weighted by molar-refractivity contribution is -0.140. The first-order chi connectivity index (χ1) is 11.0. The molecule has 2 N–H and O–H groups in total. The summed E-state index contributed by atoms with van der Waals surface area (Å²) in [6.07, 6.45) is -0.227. The lowest BCUT2D eigenvalue weighted by Gasteiger charge is -2.22. The molecule has 0 aliphatic carbocycles. The van der Waals surface area contributed by atoms with Crippen molar-refractivity contribution >= 4 is 29.2 Å². The van der Waals surface area contributed by atoms with Crippen molar-refractivity contribution in [3.63, 3.8) is 0 Å². The van der Waals surface area contributed by atoms with Gasteiger partial charge in [-0.1, -0.05) is 48.9 Å². The van der Waals surface area contributed by atoms with Crippen molar-refractivity contribution in [2.45, 2.75) is 19.3 Å². The van der Waals surface area contributed by atoms with Gasteiger partial charge in [-0.25, -0.2) is 0 Å². The first-order valence-electron chi connectivity index (χ1n) is 7.30. The molecule has 0 radical (unpaired) electrons. The van der Waals surface area contributed by atoms with Crippen molar-refractivity contribution in [1.29, 1.82) is 0 Å². The lowest BCUT2D eigenvalue weighted by atomic mass is 9.84. The van der Waals surface area contributed by atoms with Gasteiger partial charge in [0.1, 0.15) is 0 Å². The lowest BCUT2D eigenvalue weighted by Crippen LogP contribution is -2.29. The minimum absolute atomic E-state index is 0.209. The van der Waals surface area contributed by atoms with E-state index in [1.54, 1.807) is 24.3 Å². The molecule has 2 aromatic rings. The molecule has 0 saturated heterocycles. The molecule has 1 amide bonds. The average Bonchev–Trinajstić information content (AvgIpc) is 2.54. The number of anilines is 1. The predicted octanol–water partition coefficient (Wildman–Crippen LogP) is 4.17. The first-order valence-corrected chi connectivity index (χ1v) is 7.68. The number of nitrogens with one attached hydrogen (secondary N) is 1. The maximum absolute atomic E-state index is 12.5. The molecule has 5 heteroatoms. The smallest absolute Gasteiger partial charge is 0.304 e. The normalized spacial score (nSPS) is 13.1. The third-order valence-corrected chi connectivity index (χ3v) is 4.02. The van der Waals surface area contributed by atoms with Gasteiger partial charge >= 0.3 is 5.97 Å². The number of halogens is 1. The van der Waals surface area contributed by atoms with Crippen LogP contribution in [0.4, 0.5) is 5.69 Å². The quantitative estimate of drug-likeness (QED) is 0.834. The van der Waals surface area contributed by atoms with Crippen molar-refractivity contribution in [3.05, 3.63) is 65.2 Å². The standard InChI is InChI=1S/C18H18ClNO3/c1-12(13-5-3-2-4-6-13)16(11-17(21)22)18(23)20-15-9-7-14(19)8-10-15/h2-10,12,16H,11H2,1H3,(H,20,23)(H,21,22)/t12-,16+/m0/s1. The van der Waals surface area contributed by atoms with Crippen LogP contribution in [-0.4, -0.2) is 17.0 Å². The van der Waals surface area contributed by atoms with Crippen LogP contribution in [0.5, 0.6) is 0 Å². The number of aliphatic carboxylic acids is 1. The number of carbonyl (C=O) groups is 2. The second-order valence-electron chi connectivity index (χ2n) is 5.40. The van der Waals surface area contributed by atoms with E-state index in [1.807, 2.05) is 37.3 Å². The van der Waals surface area contributed by atoms with Gasteiger partial charge in [-0.2, -0.15) is 0 Å². The predicted molar refractivity (Wildman–Crippen MR) is 90.7 cm³/mol. The molecule has 0 spiro atoms. The van der Waals surface area contributed by atoms with Gasteiger partial charge in [0.05, 0.1) is 12.3 Å². The highest BCUT2D eigenvalue weighted by molar-refractivity contribution is 6.30. The van der Waals surface area contributed by atoms with Crippen LogP contribution in [0.1, 0.15) is 24.8 Å². The summed E-state index contributed by atoms with van der Waals surface area (Å²) >= 11 is 5.82. The number of hydrogen-bond acceptors (Lipinski definition) is 2. The Bertz CT molecular complexity index is 670. The van der Waals surface area contributed by atoms with E-state index in [0.29, 0.717) is 10.7 Å². The number of hydrogen-bond donors (Lipinski definition) is 2. The van der Waals surface area contributed by atoms with Gasteiger partial charge in [-0.15, -0.1) is 0 Å². The largest absolute Gasteiger partial charge is 0.481 e. The van der Waals surface area contributed by atoms with Crippen LogP contribution in [0.25, 0.3) is 0 Å². The minimum Gasteiger partial charge on any atom is -0.481 e. The molecule has 0 aromatic heterocycles. The van der Waals surface area contributed by atoms with Crippen LogP contribution in [-0.2, 0) is 9.59 Å². The van der Waals surface area contributed by atoms with Gasteiger partial charge in [0.25, 0.3) is 0 Å². The third kappa shape index (κ3) is 4.83. The fourth-order valence-corrected chi connectivity index (χ4v) is 2.57. The van der Waals surface area contributed by atoms with E-state index < -0.39 is 11.9 Å². The molecule has 0 aliphatic heterocycles. The Labute approximate surface area is 140 Å². The molecular weight excluding hydrogens is 314 g/mol.